The van der Waals surface area contributed by atoms with Gasteiger partial charge in [0.05, 0.1) is 0 Å². The van der Waals surface area contributed by atoms with Crippen molar-refractivity contribution in [1.29, 1.82) is 0 Å². The van der Waals surface area contributed by atoms with E-state index < -0.39 is 0 Å². The summed E-state index contributed by atoms with van der Waals surface area (Å²) in [4.78, 5) is 15.7. The third-order valence-corrected chi connectivity index (χ3v) is 2.65. The molecule has 1 heterocycles. The zero-order valence-electron chi connectivity index (χ0n) is 9.06. The Morgan fingerprint density at radius 1 is 1.18 bits per heavy atom. The van der Waals surface area contributed by atoms with E-state index in [0.717, 1.165) is 5.56 Å². The molecule has 0 aliphatic heterocycles. The standard InChI is InChI=1S/C13H11ClN2O/c14-12-11(7-4-8-15-12)9-16-13(17)10-5-2-1-3-6-10/h1-8H,9H2,(H,16,17). The Bertz CT molecular complexity index is 514. The molecule has 1 aromatic heterocycles. The summed E-state index contributed by atoms with van der Waals surface area (Å²) < 4.78 is 0. The molecule has 2 aromatic rings. The fraction of sp³-hybridized carbons (Fsp3) is 0.0769. The monoisotopic (exact) mass is 246 g/mol. The SMILES string of the molecule is O=C(NCc1cccnc1Cl)c1ccccc1. The first kappa shape index (κ1) is 11.6. The number of halogens is 1. The van der Waals surface area contributed by atoms with Crippen molar-refractivity contribution in [3.8, 4) is 0 Å². The molecular weight excluding hydrogens is 236 g/mol. The smallest absolute Gasteiger partial charge is 0.251 e. The van der Waals surface area contributed by atoms with Crippen molar-refractivity contribution in [3.63, 3.8) is 0 Å². The maximum absolute atomic E-state index is 11.8. The number of benzene rings is 1. The van der Waals surface area contributed by atoms with Crippen LogP contribution in [0, 0.1) is 0 Å². The van der Waals surface area contributed by atoms with E-state index in [2.05, 4.69) is 10.3 Å². The Morgan fingerprint density at radius 2 is 1.94 bits per heavy atom. The third kappa shape index (κ3) is 3.04. The lowest BCUT2D eigenvalue weighted by Crippen LogP contribution is -2.22. The minimum absolute atomic E-state index is 0.120. The molecule has 3 nitrogen and oxygen atoms in total. The molecule has 0 fully saturated rings. The lowest BCUT2D eigenvalue weighted by atomic mass is 10.2. The summed E-state index contributed by atoms with van der Waals surface area (Å²) in [6.07, 6.45) is 1.62. The number of amides is 1. The number of carbonyl (C=O) groups excluding carboxylic acids is 1. The summed E-state index contributed by atoms with van der Waals surface area (Å²) in [6, 6.07) is 12.7. The van der Waals surface area contributed by atoms with Crippen molar-refractivity contribution < 1.29 is 4.79 Å². The summed E-state index contributed by atoms with van der Waals surface area (Å²) in [5, 5.41) is 3.21. The number of aromatic nitrogens is 1. The van der Waals surface area contributed by atoms with Crippen LogP contribution >= 0.6 is 11.6 Å². The molecule has 1 aromatic carbocycles. The Balaban J connectivity index is 2.00. The summed E-state index contributed by atoms with van der Waals surface area (Å²) >= 11 is 5.89. The van der Waals surface area contributed by atoms with E-state index in [0.29, 0.717) is 17.3 Å². The van der Waals surface area contributed by atoms with Gasteiger partial charge in [-0.1, -0.05) is 35.9 Å². The molecular formula is C13H11ClN2O. The van der Waals surface area contributed by atoms with Gasteiger partial charge in [0.1, 0.15) is 5.15 Å². The summed E-state index contributed by atoms with van der Waals surface area (Å²) in [7, 11) is 0. The second-order valence-electron chi connectivity index (χ2n) is 3.50. The predicted octanol–water partition coefficient (Wildman–Crippen LogP) is 2.67. The molecule has 86 valence electrons. The minimum Gasteiger partial charge on any atom is -0.348 e. The van der Waals surface area contributed by atoms with Gasteiger partial charge >= 0.3 is 0 Å². The van der Waals surface area contributed by atoms with E-state index in [1.54, 1.807) is 24.4 Å². The van der Waals surface area contributed by atoms with Crippen LogP contribution in [-0.2, 0) is 6.54 Å². The van der Waals surface area contributed by atoms with E-state index in [-0.39, 0.29) is 5.91 Å². The second-order valence-corrected chi connectivity index (χ2v) is 3.86. The molecule has 2 rings (SSSR count). The number of rotatable bonds is 3. The zero-order chi connectivity index (χ0) is 12.1. The fourth-order valence-corrected chi connectivity index (χ4v) is 1.60. The fourth-order valence-electron chi connectivity index (χ4n) is 1.42. The van der Waals surface area contributed by atoms with Crippen LogP contribution < -0.4 is 5.32 Å². The maximum Gasteiger partial charge on any atom is 0.251 e. The maximum atomic E-state index is 11.8. The van der Waals surface area contributed by atoms with E-state index in [4.69, 9.17) is 11.6 Å². The number of hydrogen-bond donors (Lipinski definition) is 1. The molecule has 1 N–H and O–H groups in total. The van der Waals surface area contributed by atoms with E-state index >= 15 is 0 Å². The molecule has 0 radical (unpaired) electrons. The third-order valence-electron chi connectivity index (χ3n) is 2.31. The highest BCUT2D eigenvalue weighted by Gasteiger charge is 2.05. The number of carbonyl (C=O) groups is 1. The lowest BCUT2D eigenvalue weighted by Gasteiger charge is -2.06. The van der Waals surface area contributed by atoms with Crippen molar-refractivity contribution in [1.82, 2.24) is 10.3 Å². The lowest BCUT2D eigenvalue weighted by molar-refractivity contribution is 0.0951. The van der Waals surface area contributed by atoms with Gasteiger partial charge in [0, 0.05) is 23.9 Å². The average molecular weight is 247 g/mol. The van der Waals surface area contributed by atoms with Crippen LogP contribution in [0.2, 0.25) is 5.15 Å². The summed E-state index contributed by atoms with van der Waals surface area (Å²) in [6.45, 7) is 0.375. The van der Waals surface area contributed by atoms with Gasteiger partial charge in [-0.2, -0.15) is 0 Å². The van der Waals surface area contributed by atoms with Gasteiger partial charge in [0.25, 0.3) is 5.91 Å². The summed E-state index contributed by atoms with van der Waals surface area (Å²) in [5.74, 6) is -0.120. The molecule has 0 atom stereocenters. The van der Waals surface area contributed by atoms with E-state index in [9.17, 15) is 4.79 Å². The molecule has 0 aliphatic rings. The average Bonchev–Trinajstić information content (AvgIpc) is 2.38. The Morgan fingerprint density at radius 3 is 2.65 bits per heavy atom. The van der Waals surface area contributed by atoms with Crippen LogP contribution in [-0.4, -0.2) is 10.9 Å². The first-order valence-corrected chi connectivity index (χ1v) is 5.58. The largest absolute Gasteiger partial charge is 0.348 e. The van der Waals surface area contributed by atoms with E-state index in [1.165, 1.54) is 0 Å². The van der Waals surface area contributed by atoms with Gasteiger partial charge in [0.15, 0.2) is 0 Å². The van der Waals surface area contributed by atoms with Gasteiger partial charge in [0.2, 0.25) is 0 Å². The minimum atomic E-state index is -0.120. The molecule has 4 heteroatoms. The molecule has 17 heavy (non-hydrogen) atoms. The second kappa shape index (κ2) is 5.46. The van der Waals surface area contributed by atoms with Crippen LogP contribution in [0.15, 0.2) is 48.7 Å². The van der Waals surface area contributed by atoms with Crippen molar-refractivity contribution in [3.05, 3.63) is 64.9 Å². The molecule has 0 spiro atoms. The van der Waals surface area contributed by atoms with Crippen LogP contribution in [0.4, 0.5) is 0 Å². The molecule has 0 bridgehead atoms. The topological polar surface area (TPSA) is 42.0 Å². The number of pyridine rings is 1. The van der Waals surface area contributed by atoms with Gasteiger partial charge < -0.3 is 5.32 Å². The molecule has 0 unspecified atom stereocenters. The highest BCUT2D eigenvalue weighted by atomic mass is 35.5. The molecule has 0 saturated heterocycles. The molecule has 0 saturated carbocycles. The van der Waals surface area contributed by atoms with Crippen LogP contribution in [0.3, 0.4) is 0 Å². The van der Waals surface area contributed by atoms with Crippen molar-refractivity contribution >= 4 is 17.5 Å². The predicted molar refractivity (Wildman–Crippen MR) is 66.9 cm³/mol. The molecule has 1 amide bonds. The van der Waals surface area contributed by atoms with Gasteiger partial charge in [-0.15, -0.1) is 0 Å². The quantitative estimate of drug-likeness (QED) is 0.846. The highest BCUT2D eigenvalue weighted by molar-refractivity contribution is 6.30. The van der Waals surface area contributed by atoms with Crippen LogP contribution in [0.5, 0.6) is 0 Å². The normalized spacial score (nSPS) is 9.94. The van der Waals surface area contributed by atoms with Gasteiger partial charge in [-0.3, -0.25) is 4.79 Å². The Hall–Kier alpha value is -1.87. The number of nitrogens with zero attached hydrogens (tertiary/aromatic N) is 1. The molecule has 0 aliphatic carbocycles. The number of hydrogen-bond acceptors (Lipinski definition) is 2. The Kier molecular flexibility index (Phi) is 3.73. The van der Waals surface area contributed by atoms with Crippen LogP contribution in [0.1, 0.15) is 15.9 Å². The first-order valence-electron chi connectivity index (χ1n) is 5.20. The van der Waals surface area contributed by atoms with Crippen molar-refractivity contribution in [2.45, 2.75) is 6.54 Å². The highest BCUT2D eigenvalue weighted by Crippen LogP contribution is 2.11. The number of nitrogens with one attached hydrogen (secondary N) is 1. The van der Waals surface area contributed by atoms with E-state index in [1.807, 2.05) is 24.3 Å². The zero-order valence-corrected chi connectivity index (χ0v) is 9.82. The van der Waals surface area contributed by atoms with Gasteiger partial charge in [-0.25, -0.2) is 4.98 Å². The van der Waals surface area contributed by atoms with Crippen LogP contribution in [0.25, 0.3) is 0 Å². The first-order chi connectivity index (χ1) is 8.27. The Labute approximate surface area is 104 Å². The van der Waals surface area contributed by atoms with Gasteiger partial charge in [-0.05, 0) is 18.2 Å². The van der Waals surface area contributed by atoms with Crippen molar-refractivity contribution in [2.75, 3.05) is 0 Å². The summed E-state index contributed by atoms with van der Waals surface area (Å²) in [5.41, 5.74) is 1.44. The van der Waals surface area contributed by atoms with Crippen molar-refractivity contribution in [2.24, 2.45) is 0 Å².